The Morgan fingerprint density at radius 3 is 2.58 bits per heavy atom. The summed E-state index contributed by atoms with van der Waals surface area (Å²) in [5, 5.41) is 1.72. The molecule has 1 aliphatic rings. The van der Waals surface area contributed by atoms with Crippen LogP contribution in [0.3, 0.4) is 0 Å². The highest BCUT2D eigenvalue weighted by atomic mass is 32.2. The summed E-state index contributed by atoms with van der Waals surface area (Å²) in [4.78, 5) is 16.9. The van der Waals surface area contributed by atoms with E-state index in [0.29, 0.717) is 6.54 Å². The summed E-state index contributed by atoms with van der Waals surface area (Å²) in [7, 11) is -0.137. The van der Waals surface area contributed by atoms with E-state index in [9.17, 15) is 13.2 Å². The second-order valence-electron chi connectivity index (χ2n) is 6.47. The van der Waals surface area contributed by atoms with Gasteiger partial charge in [0.2, 0.25) is 5.91 Å². The van der Waals surface area contributed by atoms with Crippen molar-refractivity contribution in [1.82, 2.24) is 14.1 Å². The molecule has 1 aromatic carbocycles. The quantitative estimate of drug-likeness (QED) is 0.778. The fraction of sp³-hybridized carbons (Fsp3) is 0.389. The van der Waals surface area contributed by atoms with Crippen LogP contribution in [0.5, 0.6) is 0 Å². The van der Waals surface area contributed by atoms with Gasteiger partial charge in [0.05, 0.1) is 12.6 Å². The zero-order valence-electron chi connectivity index (χ0n) is 14.9. The first-order valence-electron chi connectivity index (χ1n) is 8.42. The van der Waals surface area contributed by atoms with Gasteiger partial charge in [-0.25, -0.2) is 8.42 Å². The molecule has 6 nitrogen and oxygen atoms in total. The van der Waals surface area contributed by atoms with E-state index in [0.717, 1.165) is 34.3 Å². The predicted molar refractivity (Wildman–Crippen MR) is 103 cm³/mol. The molecule has 140 valence electrons. The van der Waals surface area contributed by atoms with Gasteiger partial charge in [-0.15, -0.1) is 11.3 Å². The maximum atomic E-state index is 12.9. The molecule has 0 radical (unpaired) electrons. The molecule has 0 saturated carbocycles. The molecule has 1 amide bonds. The van der Waals surface area contributed by atoms with Crippen molar-refractivity contribution in [3.05, 3.63) is 53.4 Å². The first kappa shape index (κ1) is 19.0. The van der Waals surface area contributed by atoms with Crippen LogP contribution in [0.2, 0.25) is 0 Å². The van der Waals surface area contributed by atoms with Crippen LogP contribution >= 0.6 is 11.3 Å². The molecule has 0 bridgehead atoms. The number of rotatable bonds is 5. The number of nitrogens with zero attached hydrogens (tertiary/aromatic N) is 3. The molecule has 0 N–H and O–H groups in total. The van der Waals surface area contributed by atoms with E-state index >= 15 is 0 Å². The summed E-state index contributed by atoms with van der Waals surface area (Å²) in [6, 6.07) is 13.1. The molecular weight excluding hydrogens is 370 g/mol. The molecule has 1 atom stereocenters. The molecule has 1 aromatic heterocycles. The molecule has 1 aliphatic heterocycles. The molecule has 0 spiro atoms. The maximum absolute atomic E-state index is 12.9. The van der Waals surface area contributed by atoms with Crippen molar-refractivity contribution >= 4 is 27.3 Å². The van der Waals surface area contributed by atoms with Crippen molar-refractivity contribution < 1.29 is 13.2 Å². The first-order valence-corrected chi connectivity index (χ1v) is 10.7. The lowest BCUT2D eigenvalue weighted by Gasteiger charge is -2.40. The lowest BCUT2D eigenvalue weighted by atomic mass is 10.0. The lowest BCUT2D eigenvalue weighted by Crippen LogP contribution is -2.51. The fourth-order valence-corrected chi connectivity index (χ4v) is 5.43. The Hall–Kier alpha value is -1.74. The van der Waals surface area contributed by atoms with E-state index in [1.54, 1.807) is 22.4 Å². The van der Waals surface area contributed by atoms with Crippen molar-refractivity contribution in [1.29, 1.82) is 0 Å². The summed E-state index contributed by atoms with van der Waals surface area (Å²) >= 11 is 1.16. The third kappa shape index (κ3) is 3.98. The minimum absolute atomic E-state index is 0.0692. The number of carbonyl (C=O) groups excluding carboxylic acids is 1. The number of thiophene rings is 1. The van der Waals surface area contributed by atoms with Gasteiger partial charge in [-0.05, 0) is 24.1 Å². The number of benzene rings is 1. The van der Waals surface area contributed by atoms with E-state index in [-0.39, 0.29) is 22.7 Å². The van der Waals surface area contributed by atoms with Gasteiger partial charge < -0.3 is 9.80 Å². The molecule has 2 heterocycles. The third-order valence-electron chi connectivity index (χ3n) is 4.61. The Balaban J connectivity index is 1.77. The number of likely N-dealkylation sites (N-methyl/N-ethyl adjacent to an activating group) is 2. The van der Waals surface area contributed by atoms with Gasteiger partial charge in [-0.3, -0.25) is 4.79 Å². The summed E-state index contributed by atoms with van der Waals surface area (Å²) in [5.74, 6) is -0.172. The van der Waals surface area contributed by atoms with Crippen LogP contribution in [-0.4, -0.2) is 68.7 Å². The van der Waals surface area contributed by atoms with Crippen LogP contribution in [0.15, 0.2) is 52.1 Å². The van der Waals surface area contributed by atoms with Crippen molar-refractivity contribution in [3.8, 4) is 0 Å². The average Bonchev–Trinajstić information content (AvgIpc) is 3.17. The van der Waals surface area contributed by atoms with E-state index in [4.69, 9.17) is 0 Å². The highest BCUT2D eigenvalue weighted by Gasteiger charge is 2.32. The zero-order valence-corrected chi connectivity index (χ0v) is 16.5. The summed E-state index contributed by atoms with van der Waals surface area (Å²) in [6.07, 6.45) is 0. The summed E-state index contributed by atoms with van der Waals surface area (Å²) in [6.45, 7) is 1.93. The first-order chi connectivity index (χ1) is 12.4. The maximum Gasteiger partial charge on any atom is 0.252 e. The summed E-state index contributed by atoms with van der Waals surface area (Å²) < 4.78 is 26.5. The molecule has 8 heteroatoms. The highest BCUT2D eigenvalue weighted by molar-refractivity contribution is 7.91. The lowest BCUT2D eigenvalue weighted by molar-refractivity contribution is -0.136. The molecule has 0 aliphatic carbocycles. The van der Waals surface area contributed by atoms with Crippen LogP contribution in [0.25, 0.3) is 0 Å². The van der Waals surface area contributed by atoms with E-state index in [1.807, 2.05) is 37.4 Å². The van der Waals surface area contributed by atoms with Crippen molar-refractivity contribution in [3.63, 3.8) is 0 Å². The smallest absolute Gasteiger partial charge is 0.252 e. The molecule has 1 saturated heterocycles. The molecule has 1 fully saturated rings. The van der Waals surface area contributed by atoms with Gasteiger partial charge in [-0.1, -0.05) is 36.4 Å². The second-order valence-corrected chi connectivity index (χ2v) is 9.69. The monoisotopic (exact) mass is 393 g/mol. The molecule has 26 heavy (non-hydrogen) atoms. The third-order valence-corrected chi connectivity index (χ3v) is 7.78. The average molecular weight is 394 g/mol. The Morgan fingerprint density at radius 2 is 1.92 bits per heavy atom. The number of piperazine rings is 1. The van der Waals surface area contributed by atoms with Crippen LogP contribution in [-0.2, 0) is 14.8 Å². The fourth-order valence-electron chi connectivity index (χ4n) is 3.11. The van der Waals surface area contributed by atoms with Crippen molar-refractivity contribution in [2.24, 2.45) is 0 Å². The van der Waals surface area contributed by atoms with E-state index in [1.165, 1.54) is 7.05 Å². The Bertz CT molecular complexity index is 838. The van der Waals surface area contributed by atoms with E-state index in [2.05, 4.69) is 4.90 Å². The molecular formula is C18H23N3O3S2. The standard InChI is InChI=1S/C18H23N3O3S2/c1-19-10-11-21(16(13-19)15-7-4-3-5-8-15)17(22)14-20(2)26(23,24)18-9-6-12-25-18/h3-9,12,16H,10-11,13-14H2,1-2H3/t16-/m1/s1. The molecule has 0 unspecified atom stereocenters. The Morgan fingerprint density at radius 1 is 1.19 bits per heavy atom. The van der Waals surface area contributed by atoms with Crippen molar-refractivity contribution in [2.45, 2.75) is 10.3 Å². The largest absolute Gasteiger partial charge is 0.332 e. The van der Waals surface area contributed by atoms with Crippen LogP contribution in [0.4, 0.5) is 0 Å². The van der Waals surface area contributed by atoms with Gasteiger partial charge in [0, 0.05) is 26.7 Å². The Labute approximate surface area is 158 Å². The number of hydrogen-bond acceptors (Lipinski definition) is 5. The SMILES string of the molecule is CN1CCN(C(=O)CN(C)S(=O)(=O)c2cccs2)[C@@H](c2ccccc2)C1. The minimum atomic E-state index is -3.63. The van der Waals surface area contributed by atoms with Gasteiger partial charge in [-0.2, -0.15) is 4.31 Å². The number of hydrogen-bond donors (Lipinski definition) is 0. The second kappa shape index (κ2) is 7.87. The number of sulfonamides is 1. The minimum Gasteiger partial charge on any atom is -0.332 e. The van der Waals surface area contributed by atoms with E-state index < -0.39 is 10.0 Å². The molecule has 3 rings (SSSR count). The topological polar surface area (TPSA) is 60.9 Å². The van der Waals surface area contributed by atoms with Crippen LogP contribution < -0.4 is 0 Å². The van der Waals surface area contributed by atoms with Gasteiger partial charge in [0.15, 0.2) is 0 Å². The van der Waals surface area contributed by atoms with Crippen LogP contribution in [0, 0.1) is 0 Å². The number of carbonyl (C=O) groups is 1. The Kier molecular flexibility index (Phi) is 5.76. The summed E-state index contributed by atoms with van der Waals surface area (Å²) in [5.41, 5.74) is 1.07. The molecule has 2 aromatic rings. The zero-order chi connectivity index (χ0) is 18.7. The van der Waals surface area contributed by atoms with Crippen LogP contribution in [0.1, 0.15) is 11.6 Å². The van der Waals surface area contributed by atoms with Gasteiger partial charge in [0.1, 0.15) is 4.21 Å². The highest BCUT2D eigenvalue weighted by Crippen LogP contribution is 2.26. The van der Waals surface area contributed by atoms with Crippen molar-refractivity contribution in [2.75, 3.05) is 40.3 Å². The normalized spacial score (nSPS) is 19.0. The van der Waals surface area contributed by atoms with Gasteiger partial charge in [0.25, 0.3) is 10.0 Å². The van der Waals surface area contributed by atoms with Gasteiger partial charge >= 0.3 is 0 Å². The number of amides is 1. The predicted octanol–water partition coefficient (Wildman–Crippen LogP) is 1.88.